The maximum atomic E-state index is 12.6. The molecular weight excluding hydrogens is 420 g/mol. The van der Waals surface area contributed by atoms with E-state index in [0.717, 1.165) is 29.2 Å². The summed E-state index contributed by atoms with van der Waals surface area (Å²) in [6.07, 6.45) is 7.99. The number of allylic oxidation sites excluding steroid dienone is 1. The standard InChI is InChI=1S/C26H28N2O3S/c1-32(30,31)28(25-13-7-11-22-10-5-6-12-24(22)25)19-21-14-16-23(17-15-21)26(29)27-18-20-8-3-2-4-9-20/h5-8,10-17H,2-4,9,18-19H2,1H3,(H,27,29). The molecule has 0 bridgehead atoms. The summed E-state index contributed by atoms with van der Waals surface area (Å²) in [5.41, 5.74) is 3.32. The number of carbonyl (C=O) groups excluding carboxylic acids is 1. The van der Waals surface area contributed by atoms with Crippen LogP contribution in [0.25, 0.3) is 10.8 Å². The normalized spacial score (nSPS) is 14.1. The molecule has 1 N–H and O–H groups in total. The minimum Gasteiger partial charge on any atom is -0.348 e. The molecule has 0 fully saturated rings. The fourth-order valence-electron chi connectivity index (χ4n) is 4.10. The minimum atomic E-state index is -3.51. The Bertz CT molecular complexity index is 1240. The Morgan fingerprint density at radius 3 is 2.44 bits per heavy atom. The van der Waals surface area contributed by atoms with E-state index in [1.54, 1.807) is 12.1 Å². The monoisotopic (exact) mass is 448 g/mol. The molecule has 166 valence electrons. The van der Waals surface area contributed by atoms with Crippen molar-refractivity contribution in [1.82, 2.24) is 5.32 Å². The molecule has 0 heterocycles. The number of sulfonamides is 1. The van der Waals surface area contributed by atoms with E-state index in [1.165, 1.54) is 29.0 Å². The number of nitrogens with zero attached hydrogens (tertiary/aromatic N) is 1. The number of hydrogen-bond acceptors (Lipinski definition) is 3. The van der Waals surface area contributed by atoms with Crippen LogP contribution < -0.4 is 9.62 Å². The Labute approximate surface area is 189 Å². The highest BCUT2D eigenvalue weighted by Crippen LogP contribution is 2.29. The summed E-state index contributed by atoms with van der Waals surface area (Å²) in [5, 5.41) is 4.85. The number of benzene rings is 3. The van der Waals surface area contributed by atoms with Crippen molar-refractivity contribution >= 4 is 32.4 Å². The van der Waals surface area contributed by atoms with Crippen LogP contribution in [0.5, 0.6) is 0 Å². The van der Waals surface area contributed by atoms with E-state index in [2.05, 4.69) is 11.4 Å². The van der Waals surface area contributed by atoms with Crippen molar-refractivity contribution in [1.29, 1.82) is 0 Å². The van der Waals surface area contributed by atoms with Crippen molar-refractivity contribution in [3.8, 4) is 0 Å². The first-order valence-corrected chi connectivity index (χ1v) is 12.8. The third-order valence-electron chi connectivity index (χ3n) is 5.84. The molecule has 0 unspecified atom stereocenters. The van der Waals surface area contributed by atoms with Gasteiger partial charge < -0.3 is 5.32 Å². The second kappa shape index (κ2) is 9.57. The summed E-state index contributed by atoms with van der Waals surface area (Å²) < 4.78 is 26.7. The zero-order chi connectivity index (χ0) is 22.6. The molecule has 3 aromatic rings. The largest absolute Gasteiger partial charge is 0.348 e. The van der Waals surface area contributed by atoms with Crippen LogP contribution in [-0.4, -0.2) is 27.1 Å². The number of fused-ring (bicyclic) bond motifs is 1. The second-order valence-electron chi connectivity index (χ2n) is 8.26. The lowest BCUT2D eigenvalue weighted by atomic mass is 9.99. The lowest BCUT2D eigenvalue weighted by Gasteiger charge is -2.24. The van der Waals surface area contributed by atoms with Crippen LogP contribution in [0.3, 0.4) is 0 Å². The van der Waals surface area contributed by atoms with Gasteiger partial charge >= 0.3 is 0 Å². The number of carbonyl (C=O) groups is 1. The Balaban J connectivity index is 1.51. The van der Waals surface area contributed by atoms with Gasteiger partial charge in [0.1, 0.15) is 0 Å². The van der Waals surface area contributed by atoms with Gasteiger partial charge in [-0.1, -0.05) is 60.2 Å². The van der Waals surface area contributed by atoms with Gasteiger partial charge in [0.25, 0.3) is 5.91 Å². The SMILES string of the molecule is CS(=O)(=O)N(Cc1ccc(C(=O)NCC2=CCCCC2)cc1)c1cccc2ccccc12. The van der Waals surface area contributed by atoms with Gasteiger partial charge in [0.05, 0.1) is 18.5 Å². The first-order valence-electron chi connectivity index (χ1n) is 10.9. The maximum absolute atomic E-state index is 12.6. The van der Waals surface area contributed by atoms with E-state index in [1.807, 2.05) is 54.6 Å². The van der Waals surface area contributed by atoms with Crippen molar-refractivity contribution in [3.63, 3.8) is 0 Å². The maximum Gasteiger partial charge on any atom is 0.251 e. The average molecular weight is 449 g/mol. The molecule has 1 amide bonds. The van der Waals surface area contributed by atoms with E-state index >= 15 is 0 Å². The fourth-order valence-corrected chi connectivity index (χ4v) is 5.00. The van der Waals surface area contributed by atoms with Crippen LogP contribution in [0.4, 0.5) is 5.69 Å². The van der Waals surface area contributed by atoms with Crippen LogP contribution in [0.15, 0.2) is 78.4 Å². The third kappa shape index (κ3) is 5.19. The first kappa shape index (κ1) is 22.1. The summed E-state index contributed by atoms with van der Waals surface area (Å²) in [6, 6.07) is 20.5. The Kier molecular flexibility index (Phi) is 6.61. The highest BCUT2D eigenvalue weighted by Gasteiger charge is 2.20. The molecule has 5 nitrogen and oxygen atoms in total. The molecule has 0 saturated heterocycles. The van der Waals surface area contributed by atoms with Gasteiger partial charge in [0.2, 0.25) is 10.0 Å². The summed E-state index contributed by atoms with van der Waals surface area (Å²) in [7, 11) is -3.51. The average Bonchev–Trinajstić information content (AvgIpc) is 2.81. The molecule has 6 heteroatoms. The van der Waals surface area contributed by atoms with Crippen LogP contribution in [0.2, 0.25) is 0 Å². The molecule has 1 aliphatic rings. The Morgan fingerprint density at radius 2 is 1.72 bits per heavy atom. The van der Waals surface area contributed by atoms with E-state index in [9.17, 15) is 13.2 Å². The quantitative estimate of drug-likeness (QED) is 0.515. The van der Waals surface area contributed by atoms with Gasteiger partial charge in [-0.15, -0.1) is 0 Å². The van der Waals surface area contributed by atoms with Gasteiger partial charge in [-0.2, -0.15) is 0 Å². The highest BCUT2D eigenvalue weighted by molar-refractivity contribution is 7.92. The van der Waals surface area contributed by atoms with E-state index < -0.39 is 10.0 Å². The van der Waals surface area contributed by atoms with Crippen LogP contribution in [0.1, 0.15) is 41.6 Å². The zero-order valence-corrected chi connectivity index (χ0v) is 19.1. The van der Waals surface area contributed by atoms with Crippen molar-refractivity contribution in [3.05, 3.63) is 89.5 Å². The zero-order valence-electron chi connectivity index (χ0n) is 18.3. The molecule has 32 heavy (non-hydrogen) atoms. The molecular formula is C26H28N2O3S. The lowest BCUT2D eigenvalue weighted by molar-refractivity contribution is 0.0956. The number of nitrogens with one attached hydrogen (secondary N) is 1. The van der Waals surface area contributed by atoms with Gasteiger partial charge in [-0.05, 0) is 54.8 Å². The fraction of sp³-hybridized carbons (Fsp3) is 0.269. The number of hydrogen-bond donors (Lipinski definition) is 1. The van der Waals surface area contributed by atoms with Crippen LogP contribution in [0, 0.1) is 0 Å². The topological polar surface area (TPSA) is 66.5 Å². The smallest absolute Gasteiger partial charge is 0.251 e. The first-order chi connectivity index (χ1) is 15.4. The predicted octanol–water partition coefficient (Wildman–Crippen LogP) is 5.04. The molecule has 0 atom stereocenters. The van der Waals surface area contributed by atoms with Crippen LogP contribution >= 0.6 is 0 Å². The molecule has 1 aliphatic carbocycles. The number of rotatable bonds is 7. The summed E-state index contributed by atoms with van der Waals surface area (Å²) >= 11 is 0. The molecule has 0 saturated carbocycles. The Morgan fingerprint density at radius 1 is 0.969 bits per heavy atom. The molecule has 0 radical (unpaired) electrons. The lowest BCUT2D eigenvalue weighted by Crippen LogP contribution is -2.29. The molecule has 0 spiro atoms. The molecule has 0 aromatic heterocycles. The van der Waals surface area contributed by atoms with Gasteiger partial charge in [-0.3, -0.25) is 9.10 Å². The Hall–Kier alpha value is -3.12. The van der Waals surface area contributed by atoms with E-state index in [4.69, 9.17) is 0 Å². The second-order valence-corrected chi connectivity index (χ2v) is 10.2. The number of amides is 1. The van der Waals surface area contributed by atoms with Crippen molar-refractivity contribution in [2.24, 2.45) is 0 Å². The van der Waals surface area contributed by atoms with E-state index in [0.29, 0.717) is 17.8 Å². The molecule has 3 aromatic carbocycles. The van der Waals surface area contributed by atoms with Crippen molar-refractivity contribution in [2.75, 3.05) is 17.1 Å². The number of anilines is 1. The summed E-state index contributed by atoms with van der Waals surface area (Å²) in [6.45, 7) is 0.783. The van der Waals surface area contributed by atoms with Crippen LogP contribution in [-0.2, 0) is 16.6 Å². The highest BCUT2D eigenvalue weighted by atomic mass is 32.2. The predicted molar refractivity (Wildman–Crippen MR) is 130 cm³/mol. The van der Waals surface area contributed by atoms with Crippen molar-refractivity contribution in [2.45, 2.75) is 32.2 Å². The van der Waals surface area contributed by atoms with E-state index in [-0.39, 0.29) is 12.5 Å². The molecule has 0 aliphatic heterocycles. The molecule has 4 rings (SSSR count). The summed E-state index contributed by atoms with van der Waals surface area (Å²) in [5.74, 6) is -0.114. The van der Waals surface area contributed by atoms with Crippen molar-refractivity contribution < 1.29 is 13.2 Å². The van der Waals surface area contributed by atoms with Gasteiger partial charge in [-0.25, -0.2) is 8.42 Å². The minimum absolute atomic E-state index is 0.114. The summed E-state index contributed by atoms with van der Waals surface area (Å²) in [4.78, 5) is 12.5. The van der Waals surface area contributed by atoms with Gasteiger partial charge in [0.15, 0.2) is 0 Å². The van der Waals surface area contributed by atoms with Gasteiger partial charge in [0, 0.05) is 17.5 Å². The third-order valence-corrected chi connectivity index (χ3v) is 6.97.